The molecule has 0 spiro atoms. The van der Waals surface area contributed by atoms with Gasteiger partial charge in [-0.05, 0) is 42.9 Å². The molecule has 1 amide bonds. The van der Waals surface area contributed by atoms with Gasteiger partial charge in [0.1, 0.15) is 0 Å². The zero-order valence-electron chi connectivity index (χ0n) is 11.1. The van der Waals surface area contributed by atoms with Crippen LogP contribution in [-0.4, -0.2) is 30.5 Å². The summed E-state index contributed by atoms with van der Waals surface area (Å²) in [7, 11) is 0. The summed E-state index contributed by atoms with van der Waals surface area (Å²) in [5.41, 5.74) is 8.32. The average molecular weight is 266 g/mol. The summed E-state index contributed by atoms with van der Waals surface area (Å²) in [6.07, 6.45) is 3.60. The van der Waals surface area contributed by atoms with Gasteiger partial charge in [0, 0.05) is 6.54 Å². The Balaban J connectivity index is 2.29. The number of aryl methyl sites for hydroxylation is 1. The minimum absolute atomic E-state index is 0.0439. The topological polar surface area (TPSA) is 55.1 Å². The van der Waals surface area contributed by atoms with E-state index >= 15 is 0 Å². The molecule has 100 valence electrons. The van der Waals surface area contributed by atoms with Gasteiger partial charge in [0.05, 0.1) is 6.04 Å². The molecule has 0 bridgehead atoms. The van der Waals surface area contributed by atoms with Crippen LogP contribution in [0.15, 0.2) is 24.3 Å². The van der Waals surface area contributed by atoms with E-state index < -0.39 is 0 Å². The Labute approximate surface area is 114 Å². The minimum Gasteiger partial charge on any atom is -0.354 e. The van der Waals surface area contributed by atoms with Gasteiger partial charge in [-0.2, -0.15) is 11.8 Å². The fraction of sp³-hybridized carbons (Fsp3) is 0.500. The summed E-state index contributed by atoms with van der Waals surface area (Å²) in [4.78, 5) is 11.7. The second-order valence-corrected chi connectivity index (χ2v) is 5.34. The number of nitrogens with one attached hydrogen (secondary N) is 1. The molecule has 1 aromatic rings. The molecule has 0 fully saturated rings. The van der Waals surface area contributed by atoms with Crippen molar-refractivity contribution in [3.63, 3.8) is 0 Å². The molecule has 1 aromatic carbocycles. The lowest BCUT2D eigenvalue weighted by atomic mass is 10.1. The number of nitrogens with two attached hydrogens (primary N) is 1. The zero-order valence-corrected chi connectivity index (χ0v) is 11.9. The molecular weight excluding hydrogens is 244 g/mol. The van der Waals surface area contributed by atoms with E-state index in [4.69, 9.17) is 5.73 Å². The van der Waals surface area contributed by atoms with Gasteiger partial charge in [-0.25, -0.2) is 0 Å². The number of rotatable bonds is 7. The highest BCUT2D eigenvalue weighted by atomic mass is 32.2. The van der Waals surface area contributed by atoms with Gasteiger partial charge in [-0.3, -0.25) is 4.79 Å². The highest BCUT2D eigenvalue weighted by molar-refractivity contribution is 7.98. The van der Waals surface area contributed by atoms with Crippen LogP contribution in [0.1, 0.15) is 17.5 Å². The van der Waals surface area contributed by atoms with Crippen molar-refractivity contribution >= 4 is 17.7 Å². The van der Waals surface area contributed by atoms with Crippen LogP contribution in [0.2, 0.25) is 0 Å². The largest absolute Gasteiger partial charge is 0.354 e. The molecule has 0 saturated carbocycles. The molecule has 1 rings (SSSR count). The second kappa shape index (κ2) is 8.16. The van der Waals surface area contributed by atoms with Crippen molar-refractivity contribution in [1.29, 1.82) is 0 Å². The number of amides is 1. The van der Waals surface area contributed by atoms with Crippen LogP contribution in [0, 0.1) is 6.92 Å². The molecule has 3 nitrogen and oxygen atoms in total. The van der Waals surface area contributed by atoms with Crippen LogP contribution < -0.4 is 11.1 Å². The number of hydrogen-bond donors (Lipinski definition) is 2. The Kier molecular flexibility index (Phi) is 6.83. The lowest BCUT2D eigenvalue weighted by Gasteiger charge is -2.12. The van der Waals surface area contributed by atoms with Crippen molar-refractivity contribution in [2.45, 2.75) is 25.8 Å². The highest BCUT2D eigenvalue weighted by Crippen LogP contribution is 2.06. The molecule has 0 aliphatic carbocycles. The van der Waals surface area contributed by atoms with Gasteiger partial charge in [-0.1, -0.05) is 24.3 Å². The summed E-state index contributed by atoms with van der Waals surface area (Å²) in [6.45, 7) is 2.73. The van der Waals surface area contributed by atoms with E-state index in [1.54, 1.807) is 11.8 Å². The lowest BCUT2D eigenvalue weighted by molar-refractivity contribution is -0.122. The number of benzene rings is 1. The number of carbonyl (C=O) groups excluding carboxylic acids is 1. The summed E-state index contributed by atoms with van der Waals surface area (Å²) >= 11 is 1.71. The molecule has 0 heterocycles. The molecule has 0 saturated heterocycles. The van der Waals surface area contributed by atoms with Gasteiger partial charge >= 0.3 is 0 Å². The fourth-order valence-corrected chi connectivity index (χ4v) is 2.21. The maximum Gasteiger partial charge on any atom is 0.236 e. The van der Waals surface area contributed by atoms with E-state index in [0.29, 0.717) is 6.54 Å². The smallest absolute Gasteiger partial charge is 0.236 e. The number of hydrogen-bond acceptors (Lipinski definition) is 3. The van der Waals surface area contributed by atoms with Gasteiger partial charge in [0.15, 0.2) is 0 Å². The van der Waals surface area contributed by atoms with Crippen LogP contribution in [-0.2, 0) is 11.2 Å². The predicted octanol–water partition coefficient (Wildman–Crippen LogP) is 1.73. The van der Waals surface area contributed by atoms with Crippen molar-refractivity contribution in [3.05, 3.63) is 35.4 Å². The molecule has 4 heteroatoms. The van der Waals surface area contributed by atoms with Crippen molar-refractivity contribution in [2.75, 3.05) is 18.6 Å². The maximum atomic E-state index is 11.7. The normalized spacial score (nSPS) is 12.2. The quantitative estimate of drug-likeness (QED) is 0.790. The van der Waals surface area contributed by atoms with Gasteiger partial charge in [-0.15, -0.1) is 0 Å². The first kappa shape index (κ1) is 15.1. The summed E-state index contributed by atoms with van der Waals surface area (Å²) in [6, 6.07) is 7.84. The van der Waals surface area contributed by atoms with Crippen LogP contribution in [0.3, 0.4) is 0 Å². The van der Waals surface area contributed by atoms with Crippen LogP contribution in [0.25, 0.3) is 0 Å². The molecule has 0 aliphatic rings. The third kappa shape index (κ3) is 5.10. The van der Waals surface area contributed by atoms with Gasteiger partial charge in [0.2, 0.25) is 5.91 Å². The van der Waals surface area contributed by atoms with E-state index in [1.807, 2.05) is 18.4 Å². The van der Waals surface area contributed by atoms with Crippen molar-refractivity contribution in [1.82, 2.24) is 5.32 Å². The third-order valence-electron chi connectivity index (χ3n) is 2.92. The molecule has 0 radical (unpaired) electrons. The molecule has 1 atom stereocenters. The second-order valence-electron chi connectivity index (χ2n) is 4.36. The first-order chi connectivity index (χ1) is 8.65. The van der Waals surface area contributed by atoms with Crippen LogP contribution >= 0.6 is 11.8 Å². The fourth-order valence-electron chi connectivity index (χ4n) is 1.72. The standard InChI is InChI=1S/C14H22N2OS/c1-11-5-3-4-6-12(11)7-9-16-14(17)13(15)8-10-18-2/h3-6,13H,7-10,15H2,1-2H3,(H,16,17)/t13-/m1/s1. The first-order valence-electron chi connectivity index (χ1n) is 6.22. The molecule has 18 heavy (non-hydrogen) atoms. The predicted molar refractivity (Wildman–Crippen MR) is 78.9 cm³/mol. The summed E-state index contributed by atoms with van der Waals surface area (Å²) < 4.78 is 0. The van der Waals surface area contributed by atoms with E-state index in [-0.39, 0.29) is 11.9 Å². The molecule has 0 aliphatic heterocycles. The van der Waals surface area contributed by atoms with E-state index in [2.05, 4.69) is 24.4 Å². The Morgan fingerprint density at radius 2 is 2.17 bits per heavy atom. The first-order valence-corrected chi connectivity index (χ1v) is 7.61. The molecular formula is C14H22N2OS. The summed E-state index contributed by atoms with van der Waals surface area (Å²) in [5, 5.41) is 2.89. The maximum absolute atomic E-state index is 11.7. The SMILES string of the molecule is CSCC[C@@H](N)C(=O)NCCc1ccccc1C. The van der Waals surface area contributed by atoms with Crippen molar-refractivity contribution in [3.8, 4) is 0 Å². The number of carbonyl (C=O) groups is 1. The van der Waals surface area contributed by atoms with Crippen LogP contribution in [0.5, 0.6) is 0 Å². The monoisotopic (exact) mass is 266 g/mol. The Morgan fingerprint density at radius 1 is 1.44 bits per heavy atom. The average Bonchev–Trinajstić information content (AvgIpc) is 2.38. The van der Waals surface area contributed by atoms with Crippen molar-refractivity contribution in [2.24, 2.45) is 5.73 Å². The number of thioether (sulfide) groups is 1. The highest BCUT2D eigenvalue weighted by Gasteiger charge is 2.11. The zero-order chi connectivity index (χ0) is 13.4. The Morgan fingerprint density at radius 3 is 2.83 bits per heavy atom. The van der Waals surface area contributed by atoms with E-state index in [0.717, 1.165) is 18.6 Å². The molecule has 3 N–H and O–H groups in total. The molecule has 0 unspecified atom stereocenters. The minimum atomic E-state index is -0.380. The summed E-state index contributed by atoms with van der Waals surface area (Å²) in [5.74, 6) is 0.879. The van der Waals surface area contributed by atoms with Gasteiger partial charge < -0.3 is 11.1 Å². The van der Waals surface area contributed by atoms with E-state index in [1.165, 1.54) is 11.1 Å². The van der Waals surface area contributed by atoms with Gasteiger partial charge in [0.25, 0.3) is 0 Å². The van der Waals surface area contributed by atoms with Crippen molar-refractivity contribution < 1.29 is 4.79 Å². The van der Waals surface area contributed by atoms with Crippen LogP contribution in [0.4, 0.5) is 0 Å². The Hall–Kier alpha value is -1.00. The lowest BCUT2D eigenvalue weighted by Crippen LogP contribution is -2.41. The van der Waals surface area contributed by atoms with E-state index in [9.17, 15) is 4.79 Å². The molecule has 0 aromatic heterocycles. The Bertz CT molecular complexity index is 382. The third-order valence-corrected chi connectivity index (χ3v) is 3.57.